The maximum atomic E-state index is 13.6. The zero-order chi connectivity index (χ0) is 14.8. The van der Waals surface area contributed by atoms with Crippen LogP contribution in [0.3, 0.4) is 0 Å². The van der Waals surface area contributed by atoms with Crippen LogP contribution in [0.15, 0.2) is 41.4 Å². The van der Waals surface area contributed by atoms with Gasteiger partial charge in [-0.3, -0.25) is 4.72 Å². The first-order valence-corrected chi connectivity index (χ1v) is 7.33. The van der Waals surface area contributed by atoms with Gasteiger partial charge in [-0.1, -0.05) is 6.07 Å². The van der Waals surface area contributed by atoms with Gasteiger partial charge in [-0.2, -0.15) is 0 Å². The Morgan fingerprint density at radius 3 is 2.65 bits per heavy atom. The first-order valence-electron chi connectivity index (χ1n) is 5.85. The molecule has 0 atom stereocenters. The van der Waals surface area contributed by atoms with Crippen LogP contribution in [0.5, 0.6) is 0 Å². The molecule has 0 fully saturated rings. The molecule has 1 aromatic heterocycles. The van der Waals surface area contributed by atoms with E-state index in [0.29, 0.717) is 5.82 Å². The highest BCUT2D eigenvalue weighted by Gasteiger charge is 2.17. The fraction of sp³-hybridized carbons (Fsp3) is 0.154. The molecular weight excluding hydrogens is 281 g/mol. The lowest BCUT2D eigenvalue weighted by atomic mass is 10.2. The Labute approximate surface area is 116 Å². The SMILES string of the molecule is CNc1cc(S(=O)(=O)Nc2cc(C)ccc2F)ccn1. The summed E-state index contributed by atoms with van der Waals surface area (Å²) in [6, 6.07) is 6.94. The van der Waals surface area contributed by atoms with Crippen LogP contribution >= 0.6 is 0 Å². The summed E-state index contributed by atoms with van der Waals surface area (Å²) in [4.78, 5) is 3.94. The average Bonchev–Trinajstić information content (AvgIpc) is 2.43. The Morgan fingerprint density at radius 1 is 1.20 bits per heavy atom. The van der Waals surface area contributed by atoms with Crippen molar-refractivity contribution in [3.63, 3.8) is 0 Å². The number of benzene rings is 1. The van der Waals surface area contributed by atoms with Gasteiger partial charge in [0, 0.05) is 19.3 Å². The van der Waals surface area contributed by atoms with Gasteiger partial charge in [0.15, 0.2) is 0 Å². The van der Waals surface area contributed by atoms with E-state index in [0.717, 1.165) is 5.56 Å². The normalized spacial score (nSPS) is 11.2. The minimum atomic E-state index is -3.86. The van der Waals surface area contributed by atoms with E-state index >= 15 is 0 Å². The third-order valence-corrected chi connectivity index (χ3v) is 4.03. The van der Waals surface area contributed by atoms with Gasteiger partial charge < -0.3 is 5.32 Å². The van der Waals surface area contributed by atoms with Crippen molar-refractivity contribution in [3.05, 3.63) is 47.9 Å². The van der Waals surface area contributed by atoms with Crippen LogP contribution in [0.25, 0.3) is 0 Å². The van der Waals surface area contributed by atoms with Crippen molar-refractivity contribution in [3.8, 4) is 0 Å². The predicted octanol–water partition coefficient (Wildman–Crippen LogP) is 2.37. The molecule has 0 radical (unpaired) electrons. The monoisotopic (exact) mass is 295 g/mol. The molecule has 0 amide bonds. The molecule has 0 aliphatic rings. The fourth-order valence-electron chi connectivity index (χ4n) is 1.64. The van der Waals surface area contributed by atoms with Crippen molar-refractivity contribution in [1.82, 2.24) is 4.98 Å². The van der Waals surface area contributed by atoms with E-state index in [2.05, 4.69) is 15.0 Å². The first kappa shape index (κ1) is 14.3. The Balaban J connectivity index is 2.38. The van der Waals surface area contributed by atoms with Gasteiger partial charge in [-0.25, -0.2) is 17.8 Å². The number of halogens is 1. The second-order valence-corrected chi connectivity index (χ2v) is 5.90. The maximum Gasteiger partial charge on any atom is 0.262 e. The molecule has 0 aliphatic carbocycles. The molecule has 0 spiro atoms. The third-order valence-electron chi connectivity index (χ3n) is 2.66. The molecule has 0 aliphatic heterocycles. The Morgan fingerprint density at radius 2 is 1.95 bits per heavy atom. The smallest absolute Gasteiger partial charge is 0.262 e. The van der Waals surface area contributed by atoms with E-state index in [-0.39, 0.29) is 10.6 Å². The number of aryl methyl sites for hydroxylation is 1. The van der Waals surface area contributed by atoms with Gasteiger partial charge in [0.2, 0.25) is 0 Å². The van der Waals surface area contributed by atoms with Gasteiger partial charge >= 0.3 is 0 Å². The van der Waals surface area contributed by atoms with Gasteiger partial charge in [0.1, 0.15) is 11.6 Å². The molecule has 5 nitrogen and oxygen atoms in total. The van der Waals surface area contributed by atoms with Crippen molar-refractivity contribution >= 4 is 21.5 Å². The summed E-state index contributed by atoms with van der Waals surface area (Å²) < 4.78 is 40.2. The summed E-state index contributed by atoms with van der Waals surface area (Å²) in [6.07, 6.45) is 1.37. The van der Waals surface area contributed by atoms with Gasteiger partial charge in [-0.15, -0.1) is 0 Å². The van der Waals surface area contributed by atoms with Crippen molar-refractivity contribution in [2.24, 2.45) is 0 Å². The van der Waals surface area contributed by atoms with E-state index in [1.807, 2.05) is 0 Å². The van der Waals surface area contributed by atoms with Crippen molar-refractivity contribution in [2.45, 2.75) is 11.8 Å². The molecule has 2 N–H and O–H groups in total. The number of aromatic nitrogens is 1. The largest absolute Gasteiger partial charge is 0.373 e. The summed E-state index contributed by atoms with van der Waals surface area (Å²) >= 11 is 0. The minimum absolute atomic E-state index is 0.0118. The van der Waals surface area contributed by atoms with Crippen LogP contribution in [0.2, 0.25) is 0 Å². The van der Waals surface area contributed by atoms with E-state index in [9.17, 15) is 12.8 Å². The molecule has 1 heterocycles. The number of sulfonamides is 1. The molecular formula is C13H14FN3O2S. The lowest BCUT2D eigenvalue weighted by Crippen LogP contribution is -2.14. The highest BCUT2D eigenvalue weighted by atomic mass is 32.2. The van der Waals surface area contributed by atoms with Crippen LogP contribution in [0.1, 0.15) is 5.56 Å². The van der Waals surface area contributed by atoms with Crippen LogP contribution < -0.4 is 10.0 Å². The molecule has 20 heavy (non-hydrogen) atoms. The predicted molar refractivity (Wildman–Crippen MR) is 75.7 cm³/mol. The standard InChI is InChI=1S/C13H14FN3O2S/c1-9-3-4-11(14)12(7-9)17-20(18,19)10-5-6-16-13(8-10)15-2/h3-8,17H,1-2H3,(H,15,16). The maximum absolute atomic E-state index is 13.6. The van der Waals surface area contributed by atoms with Crippen LogP contribution in [-0.4, -0.2) is 20.4 Å². The number of nitrogens with one attached hydrogen (secondary N) is 2. The van der Waals surface area contributed by atoms with Crippen molar-refractivity contribution < 1.29 is 12.8 Å². The number of hydrogen-bond acceptors (Lipinski definition) is 4. The third kappa shape index (κ3) is 3.05. The van der Waals surface area contributed by atoms with Crippen molar-refractivity contribution in [1.29, 1.82) is 0 Å². The zero-order valence-electron chi connectivity index (χ0n) is 11.0. The van der Waals surface area contributed by atoms with Crippen molar-refractivity contribution in [2.75, 3.05) is 17.1 Å². The highest BCUT2D eigenvalue weighted by Crippen LogP contribution is 2.21. The van der Waals surface area contributed by atoms with Crippen LogP contribution in [0.4, 0.5) is 15.9 Å². The van der Waals surface area contributed by atoms with Gasteiger partial charge in [-0.05, 0) is 30.7 Å². The molecule has 0 saturated carbocycles. The Kier molecular flexibility index (Phi) is 3.89. The number of pyridine rings is 1. The molecule has 7 heteroatoms. The molecule has 0 bridgehead atoms. The van der Waals surface area contributed by atoms with E-state index in [1.54, 1.807) is 20.0 Å². The Hall–Kier alpha value is -2.15. The van der Waals surface area contributed by atoms with Gasteiger partial charge in [0.05, 0.1) is 10.6 Å². The topological polar surface area (TPSA) is 71.1 Å². The summed E-state index contributed by atoms with van der Waals surface area (Å²) in [7, 11) is -2.22. The van der Waals surface area contributed by atoms with E-state index in [1.165, 1.54) is 30.5 Å². The number of anilines is 2. The quantitative estimate of drug-likeness (QED) is 0.908. The van der Waals surface area contributed by atoms with E-state index < -0.39 is 15.8 Å². The number of rotatable bonds is 4. The first-order chi connectivity index (χ1) is 9.42. The molecule has 2 aromatic rings. The van der Waals surface area contributed by atoms with Crippen LogP contribution in [-0.2, 0) is 10.0 Å². The average molecular weight is 295 g/mol. The number of nitrogens with zero attached hydrogens (tertiary/aromatic N) is 1. The van der Waals surface area contributed by atoms with Gasteiger partial charge in [0.25, 0.3) is 10.0 Å². The molecule has 0 unspecified atom stereocenters. The fourth-order valence-corrected chi connectivity index (χ4v) is 2.71. The lowest BCUT2D eigenvalue weighted by molar-refractivity contribution is 0.598. The molecule has 0 saturated heterocycles. The summed E-state index contributed by atoms with van der Waals surface area (Å²) in [5.74, 6) is -0.209. The lowest BCUT2D eigenvalue weighted by Gasteiger charge is -2.10. The second-order valence-electron chi connectivity index (χ2n) is 4.22. The molecule has 106 valence electrons. The molecule has 2 rings (SSSR count). The molecule has 1 aromatic carbocycles. The second kappa shape index (κ2) is 5.46. The Bertz CT molecular complexity index is 732. The van der Waals surface area contributed by atoms with Crippen LogP contribution in [0, 0.1) is 12.7 Å². The summed E-state index contributed by atoms with van der Waals surface area (Å²) in [5.41, 5.74) is 0.683. The zero-order valence-corrected chi connectivity index (χ0v) is 11.8. The number of hydrogen-bond donors (Lipinski definition) is 2. The van der Waals surface area contributed by atoms with E-state index in [4.69, 9.17) is 0 Å². The summed E-state index contributed by atoms with van der Waals surface area (Å²) in [6.45, 7) is 1.75. The highest BCUT2D eigenvalue weighted by molar-refractivity contribution is 7.92. The minimum Gasteiger partial charge on any atom is -0.373 e. The summed E-state index contributed by atoms with van der Waals surface area (Å²) in [5, 5.41) is 2.75.